The van der Waals surface area contributed by atoms with Crippen molar-refractivity contribution in [2.45, 2.75) is 0 Å². The summed E-state index contributed by atoms with van der Waals surface area (Å²) in [5.41, 5.74) is 0. The molecule has 0 saturated heterocycles. The van der Waals surface area contributed by atoms with E-state index in [9.17, 15) is 0 Å². The highest BCUT2D eigenvalue weighted by atomic mass is 35.5. The molecule has 4 aromatic rings. The zero-order valence-corrected chi connectivity index (χ0v) is 17.2. The lowest BCUT2D eigenvalue weighted by Crippen LogP contribution is -2.30. The van der Waals surface area contributed by atoms with Gasteiger partial charge in [0.2, 0.25) is 0 Å². The SMILES string of the molecule is C[P+](c1ccccc1)(c1ccccc1)c1ccccc1.Cl.c1ccccc1. The molecular weight excluding hydrogens is 367 g/mol. The molecule has 0 unspecified atom stereocenters. The largest absolute Gasteiger partial charge is 0.147 e. The molecule has 0 atom stereocenters. The van der Waals surface area contributed by atoms with Gasteiger partial charge in [-0.3, -0.25) is 0 Å². The van der Waals surface area contributed by atoms with E-state index in [1.165, 1.54) is 15.9 Å². The van der Waals surface area contributed by atoms with Gasteiger partial charge in [-0.25, -0.2) is 0 Å². The normalized spacial score (nSPS) is 10.1. The molecule has 0 aromatic heterocycles. The summed E-state index contributed by atoms with van der Waals surface area (Å²) in [6.45, 7) is 2.41. The molecular formula is C25H25ClP+. The van der Waals surface area contributed by atoms with Crippen molar-refractivity contribution in [2.75, 3.05) is 6.66 Å². The summed E-state index contributed by atoms with van der Waals surface area (Å²) in [7, 11) is -1.53. The van der Waals surface area contributed by atoms with Crippen LogP contribution < -0.4 is 15.9 Å². The van der Waals surface area contributed by atoms with Gasteiger partial charge in [0.05, 0.1) is 6.66 Å². The molecule has 0 bridgehead atoms. The van der Waals surface area contributed by atoms with Gasteiger partial charge in [-0.2, -0.15) is 0 Å². The lowest BCUT2D eigenvalue weighted by molar-refractivity contribution is 1.72. The molecule has 0 radical (unpaired) electrons. The molecule has 0 amide bonds. The van der Waals surface area contributed by atoms with Gasteiger partial charge in [-0.1, -0.05) is 91.0 Å². The summed E-state index contributed by atoms with van der Waals surface area (Å²) in [4.78, 5) is 0. The first kappa shape index (κ1) is 20.9. The van der Waals surface area contributed by atoms with Crippen molar-refractivity contribution in [2.24, 2.45) is 0 Å². The fraction of sp³-hybridized carbons (Fsp3) is 0.0400. The molecule has 2 heteroatoms. The van der Waals surface area contributed by atoms with Crippen LogP contribution in [0.25, 0.3) is 0 Å². The van der Waals surface area contributed by atoms with E-state index < -0.39 is 7.26 Å². The first-order chi connectivity index (χ1) is 12.8. The smallest absolute Gasteiger partial charge is 0.109 e. The predicted octanol–water partition coefficient (Wildman–Crippen LogP) is 5.72. The zero-order chi connectivity index (χ0) is 18.1. The molecule has 27 heavy (non-hydrogen) atoms. The Morgan fingerprint density at radius 2 is 0.556 bits per heavy atom. The van der Waals surface area contributed by atoms with Crippen LogP contribution >= 0.6 is 19.7 Å². The number of halogens is 1. The van der Waals surface area contributed by atoms with E-state index in [4.69, 9.17) is 0 Å². The Morgan fingerprint density at radius 1 is 0.370 bits per heavy atom. The Balaban J connectivity index is 0.000000320. The van der Waals surface area contributed by atoms with Crippen LogP contribution in [0.4, 0.5) is 0 Å². The van der Waals surface area contributed by atoms with Crippen LogP contribution in [0, 0.1) is 0 Å². The topological polar surface area (TPSA) is 0 Å². The molecule has 0 nitrogen and oxygen atoms in total. The van der Waals surface area contributed by atoms with Crippen LogP contribution in [0.15, 0.2) is 127 Å². The minimum atomic E-state index is -1.53. The van der Waals surface area contributed by atoms with Gasteiger partial charge in [0.15, 0.2) is 0 Å². The summed E-state index contributed by atoms with van der Waals surface area (Å²) < 4.78 is 0. The molecule has 4 aromatic carbocycles. The Labute approximate surface area is 169 Å². The molecule has 0 aliphatic carbocycles. The van der Waals surface area contributed by atoms with E-state index in [1.54, 1.807) is 0 Å². The maximum atomic E-state index is 2.41. The Bertz CT molecular complexity index is 755. The van der Waals surface area contributed by atoms with Gasteiger partial charge < -0.3 is 0 Å². The summed E-state index contributed by atoms with van der Waals surface area (Å²) >= 11 is 0. The third-order valence-electron chi connectivity index (χ3n) is 4.48. The Morgan fingerprint density at radius 3 is 0.778 bits per heavy atom. The van der Waals surface area contributed by atoms with Crippen LogP contribution in [0.2, 0.25) is 0 Å². The van der Waals surface area contributed by atoms with Crippen molar-refractivity contribution in [3.63, 3.8) is 0 Å². The molecule has 0 fully saturated rings. The predicted molar refractivity (Wildman–Crippen MR) is 125 cm³/mol. The minimum absolute atomic E-state index is 0. The molecule has 136 valence electrons. The molecule has 0 aliphatic heterocycles. The third-order valence-corrected chi connectivity index (χ3v) is 8.48. The van der Waals surface area contributed by atoms with Crippen molar-refractivity contribution in [1.82, 2.24) is 0 Å². The maximum Gasteiger partial charge on any atom is 0.109 e. The molecule has 0 N–H and O–H groups in total. The average molecular weight is 392 g/mol. The van der Waals surface area contributed by atoms with Gasteiger partial charge in [0.1, 0.15) is 23.2 Å². The second kappa shape index (κ2) is 10.7. The zero-order valence-electron chi connectivity index (χ0n) is 15.5. The second-order valence-corrected chi connectivity index (χ2v) is 9.73. The van der Waals surface area contributed by atoms with E-state index in [0.717, 1.165) is 0 Å². The number of hydrogen-bond donors (Lipinski definition) is 0. The van der Waals surface area contributed by atoms with E-state index >= 15 is 0 Å². The number of rotatable bonds is 3. The molecule has 4 rings (SSSR count). The van der Waals surface area contributed by atoms with Gasteiger partial charge in [-0.05, 0) is 36.4 Å². The first-order valence-electron chi connectivity index (χ1n) is 8.85. The van der Waals surface area contributed by atoms with Crippen LogP contribution in [0.1, 0.15) is 0 Å². The summed E-state index contributed by atoms with van der Waals surface area (Å²) in [5.74, 6) is 0. The lowest BCUT2D eigenvalue weighted by Gasteiger charge is -2.22. The van der Waals surface area contributed by atoms with Crippen LogP contribution in [-0.4, -0.2) is 6.66 Å². The highest BCUT2D eigenvalue weighted by Gasteiger charge is 2.39. The molecule has 0 heterocycles. The van der Waals surface area contributed by atoms with Crippen LogP contribution in [0.3, 0.4) is 0 Å². The molecule has 0 aliphatic rings. The van der Waals surface area contributed by atoms with Crippen molar-refractivity contribution in [3.8, 4) is 0 Å². The number of benzene rings is 4. The van der Waals surface area contributed by atoms with E-state index in [1.807, 2.05) is 36.4 Å². The summed E-state index contributed by atoms with van der Waals surface area (Å²) in [5, 5.41) is 4.28. The fourth-order valence-corrected chi connectivity index (χ4v) is 6.21. The maximum absolute atomic E-state index is 2.41. The lowest BCUT2D eigenvalue weighted by atomic mass is 10.4. The highest BCUT2D eigenvalue weighted by Crippen LogP contribution is 2.51. The van der Waals surface area contributed by atoms with Crippen molar-refractivity contribution in [3.05, 3.63) is 127 Å². The van der Waals surface area contributed by atoms with Gasteiger partial charge >= 0.3 is 0 Å². The van der Waals surface area contributed by atoms with Crippen LogP contribution in [-0.2, 0) is 0 Å². The monoisotopic (exact) mass is 391 g/mol. The van der Waals surface area contributed by atoms with E-state index in [0.29, 0.717) is 0 Å². The Kier molecular flexibility index (Phi) is 8.27. The standard InChI is InChI=1S/C19H18P.C6H6.ClH/c1-20(17-11-5-2-6-12-17,18-13-7-3-8-14-18)19-15-9-4-10-16-19;1-2-4-6-5-3-1;/h2-16H,1H3;1-6H;1H/q+1;;. The average Bonchev–Trinajstić information content (AvgIpc) is 2.77. The third kappa shape index (κ3) is 5.30. The highest BCUT2D eigenvalue weighted by molar-refractivity contribution is 7.95. The summed E-state index contributed by atoms with van der Waals surface area (Å²) in [6.07, 6.45) is 0. The van der Waals surface area contributed by atoms with Crippen molar-refractivity contribution in [1.29, 1.82) is 0 Å². The van der Waals surface area contributed by atoms with Gasteiger partial charge in [0, 0.05) is 0 Å². The quantitative estimate of drug-likeness (QED) is 0.392. The molecule has 0 spiro atoms. The summed E-state index contributed by atoms with van der Waals surface area (Å²) in [6, 6.07) is 44.6. The van der Waals surface area contributed by atoms with Gasteiger partial charge in [0.25, 0.3) is 0 Å². The van der Waals surface area contributed by atoms with Crippen molar-refractivity contribution >= 4 is 35.6 Å². The van der Waals surface area contributed by atoms with Crippen molar-refractivity contribution < 1.29 is 0 Å². The molecule has 0 saturated carbocycles. The van der Waals surface area contributed by atoms with Gasteiger partial charge in [-0.15, -0.1) is 12.4 Å². The second-order valence-electron chi connectivity index (χ2n) is 6.17. The van der Waals surface area contributed by atoms with Crippen LogP contribution in [0.5, 0.6) is 0 Å². The fourth-order valence-electron chi connectivity index (χ4n) is 3.01. The minimum Gasteiger partial charge on any atom is -0.147 e. The van der Waals surface area contributed by atoms with E-state index in [-0.39, 0.29) is 12.4 Å². The first-order valence-corrected chi connectivity index (χ1v) is 11.1. The number of hydrogen-bond acceptors (Lipinski definition) is 0. The Hall–Kier alpha value is -2.40. The van der Waals surface area contributed by atoms with E-state index in [2.05, 4.69) is 97.7 Å².